The Hall–Kier alpha value is -3.88. The van der Waals surface area contributed by atoms with Crippen molar-refractivity contribution in [2.75, 3.05) is 38.7 Å². The number of benzene rings is 2. The second-order valence-corrected chi connectivity index (χ2v) is 8.56. The van der Waals surface area contributed by atoms with E-state index in [1.807, 2.05) is 43.3 Å². The lowest BCUT2D eigenvalue weighted by molar-refractivity contribution is -0.157. The number of likely N-dealkylation sites (tertiary alicyclic amines) is 1. The Labute approximate surface area is 204 Å². The van der Waals surface area contributed by atoms with E-state index >= 15 is 0 Å². The highest BCUT2D eigenvalue weighted by molar-refractivity contribution is 5.96. The second kappa shape index (κ2) is 11.5. The van der Waals surface area contributed by atoms with E-state index in [4.69, 9.17) is 9.47 Å². The van der Waals surface area contributed by atoms with Crippen LogP contribution >= 0.6 is 0 Å². The molecule has 2 aromatic carbocycles. The molecule has 1 saturated heterocycles. The summed E-state index contributed by atoms with van der Waals surface area (Å²) in [5, 5.41) is 5.16. The van der Waals surface area contributed by atoms with Gasteiger partial charge in [-0.3, -0.25) is 19.2 Å². The summed E-state index contributed by atoms with van der Waals surface area (Å²) in [6.07, 6.45) is 0.801. The third kappa shape index (κ3) is 6.38. The number of nitrogens with zero attached hydrogens (tertiary/aromatic N) is 1. The average Bonchev–Trinajstić information content (AvgIpc) is 2.86. The van der Waals surface area contributed by atoms with Gasteiger partial charge in [-0.2, -0.15) is 0 Å². The number of nitrogens with one attached hydrogen (secondary N) is 2. The predicted molar refractivity (Wildman–Crippen MR) is 130 cm³/mol. The van der Waals surface area contributed by atoms with Crippen LogP contribution < -0.4 is 15.4 Å². The first kappa shape index (κ1) is 25.7. The van der Waals surface area contributed by atoms with Gasteiger partial charge in [0.15, 0.2) is 6.61 Å². The molecule has 0 unspecified atom stereocenters. The topological polar surface area (TPSA) is 114 Å². The quantitative estimate of drug-likeness (QED) is 0.559. The molecule has 35 heavy (non-hydrogen) atoms. The van der Waals surface area contributed by atoms with Gasteiger partial charge < -0.3 is 25.0 Å². The fraction of sp³-hybridized carbons (Fsp3) is 0.385. The van der Waals surface area contributed by atoms with Crippen LogP contribution in [-0.4, -0.2) is 61.9 Å². The number of hydrogen-bond donors (Lipinski definition) is 2. The van der Waals surface area contributed by atoms with E-state index < -0.39 is 29.8 Å². The van der Waals surface area contributed by atoms with Gasteiger partial charge in [0.05, 0.1) is 24.8 Å². The minimum Gasteiger partial charge on any atom is -0.495 e. The van der Waals surface area contributed by atoms with Crippen LogP contribution in [-0.2, 0) is 29.3 Å². The number of amides is 3. The van der Waals surface area contributed by atoms with E-state index in [2.05, 4.69) is 10.6 Å². The molecule has 0 atom stereocenters. The smallest absolute Gasteiger partial charge is 0.317 e. The molecule has 0 aromatic heterocycles. The molecule has 3 amide bonds. The van der Waals surface area contributed by atoms with Gasteiger partial charge in [-0.05, 0) is 43.0 Å². The first-order valence-corrected chi connectivity index (χ1v) is 11.4. The average molecular weight is 482 g/mol. The first-order valence-electron chi connectivity index (χ1n) is 11.4. The molecule has 0 bridgehead atoms. The lowest BCUT2D eigenvalue weighted by atomic mass is 9.72. The highest BCUT2D eigenvalue weighted by Gasteiger charge is 2.44. The zero-order valence-corrected chi connectivity index (χ0v) is 20.3. The number of aryl methyl sites for hydroxylation is 1. The van der Waals surface area contributed by atoms with Gasteiger partial charge in [0.25, 0.3) is 5.91 Å². The van der Waals surface area contributed by atoms with E-state index in [1.165, 1.54) is 14.0 Å². The Bertz CT molecular complexity index is 1080. The van der Waals surface area contributed by atoms with Crippen molar-refractivity contribution in [1.29, 1.82) is 0 Å². The SMILES string of the molecule is COc1ccc(C)cc1NC(=O)CNC(=O)COC(=O)C1(c2ccccc2)CCN(C(C)=O)CC1. The Kier molecular flexibility index (Phi) is 8.46. The molecular formula is C26H31N3O6. The van der Waals surface area contributed by atoms with E-state index in [0.717, 1.165) is 11.1 Å². The number of hydrogen-bond acceptors (Lipinski definition) is 6. The Morgan fingerprint density at radius 2 is 1.69 bits per heavy atom. The highest BCUT2D eigenvalue weighted by atomic mass is 16.5. The van der Waals surface area contributed by atoms with Gasteiger partial charge in [0.2, 0.25) is 11.8 Å². The molecule has 1 aliphatic heterocycles. The van der Waals surface area contributed by atoms with Crippen LogP contribution in [0.1, 0.15) is 30.9 Å². The van der Waals surface area contributed by atoms with E-state index in [-0.39, 0.29) is 12.5 Å². The van der Waals surface area contributed by atoms with Crippen LogP contribution in [0.4, 0.5) is 5.69 Å². The monoisotopic (exact) mass is 481 g/mol. The molecule has 2 aromatic rings. The van der Waals surface area contributed by atoms with Gasteiger partial charge >= 0.3 is 5.97 Å². The molecule has 9 heteroatoms. The summed E-state index contributed by atoms with van der Waals surface area (Å²) in [6.45, 7) is 3.44. The summed E-state index contributed by atoms with van der Waals surface area (Å²) in [6, 6.07) is 14.6. The fourth-order valence-electron chi connectivity index (χ4n) is 4.18. The number of ether oxygens (including phenoxy) is 2. The lowest BCUT2D eigenvalue weighted by Crippen LogP contribution is -2.49. The molecule has 0 aliphatic carbocycles. The summed E-state index contributed by atoms with van der Waals surface area (Å²) < 4.78 is 10.6. The molecule has 186 valence electrons. The second-order valence-electron chi connectivity index (χ2n) is 8.56. The van der Waals surface area contributed by atoms with Gasteiger partial charge in [-0.15, -0.1) is 0 Å². The number of anilines is 1. The molecule has 1 fully saturated rings. The largest absolute Gasteiger partial charge is 0.495 e. The number of methoxy groups -OCH3 is 1. The van der Waals surface area contributed by atoms with E-state index in [1.54, 1.807) is 17.0 Å². The Balaban J connectivity index is 1.56. The third-order valence-electron chi connectivity index (χ3n) is 6.19. The van der Waals surface area contributed by atoms with Gasteiger partial charge in [-0.1, -0.05) is 36.4 Å². The Morgan fingerprint density at radius 3 is 2.31 bits per heavy atom. The van der Waals surface area contributed by atoms with Gasteiger partial charge in [-0.25, -0.2) is 0 Å². The molecule has 1 heterocycles. The molecule has 0 saturated carbocycles. The molecule has 1 aliphatic rings. The maximum atomic E-state index is 13.2. The number of esters is 1. The molecular weight excluding hydrogens is 450 g/mol. The van der Waals surface area contributed by atoms with Gasteiger partial charge in [0, 0.05) is 20.0 Å². The zero-order valence-electron chi connectivity index (χ0n) is 20.3. The maximum Gasteiger partial charge on any atom is 0.317 e. The van der Waals surface area contributed by atoms with Crippen molar-refractivity contribution in [3.8, 4) is 5.75 Å². The standard InChI is InChI=1S/C26H31N3O6/c1-18-9-10-22(34-3)21(15-18)28-23(31)16-27-24(32)17-35-25(33)26(20-7-5-4-6-8-20)11-13-29(14-12-26)19(2)30/h4-10,15H,11-14,16-17H2,1-3H3,(H,27,32)(H,28,31). The van der Waals surface area contributed by atoms with E-state index in [0.29, 0.717) is 37.4 Å². The summed E-state index contributed by atoms with van der Waals surface area (Å²) >= 11 is 0. The van der Waals surface area contributed by atoms with Crippen molar-refractivity contribution in [1.82, 2.24) is 10.2 Å². The van der Waals surface area contributed by atoms with E-state index in [9.17, 15) is 19.2 Å². The third-order valence-corrected chi connectivity index (χ3v) is 6.19. The maximum absolute atomic E-state index is 13.2. The van der Waals surface area contributed by atoms with Crippen molar-refractivity contribution < 1.29 is 28.7 Å². The number of carbonyl (C=O) groups is 4. The van der Waals surface area contributed by atoms with Crippen LogP contribution in [0.5, 0.6) is 5.75 Å². The molecule has 9 nitrogen and oxygen atoms in total. The first-order chi connectivity index (χ1) is 16.7. The zero-order chi connectivity index (χ0) is 25.4. The van der Waals surface area contributed by atoms with Crippen LogP contribution in [0.2, 0.25) is 0 Å². The summed E-state index contributed by atoms with van der Waals surface area (Å²) in [5.74, 6) is -1.08. The lowest BCUT2D eigenvalue weighted by Gasteiger charge is -2.40. The van der Waals surface area contributed by atoms with Crippen molar-refractivity contribution >= 4 is 29.4 Å². The number of rotatable bonds is 8. The van der Waals surface area contributed by atoms with Crippen molar-refractivity contribution in [2.24, 2.45) is 0 Å². The number of carbonyl (C=O) groups excluding carboxylic acids is 4. The number of piperidine rings is 1. The molecule has 2 N–H and O–H groups in total. The predicted octanol–water partition coefficient (Wildman–Crippen LogP) is 2.18. The summed E-state index contributed by atoms with van der Waals surface area (Å²) in [7, 11) is 1.50. The molecule has 0 radical (unpaired) electrons. The Morgan fingerprint density at radius 1 is 1.00 bits per heavy atom. The normalized spacial score (nSPS) is 14.5. The minimum atomic E-state index is -0.938. The van der Waals surface area contributed by atoms with Crippen molar-refractivity contribution in [3.05, 3.63) is 59.7 Å². The molecule has 3 rings (SSSR count). The van der Waals surface area contributed by atoms with Crippen molar-refractivity contribution in [2.45, 2.75) is 32.1 Å². The van der Waals surface area contributed by atoms with Gasteiger partial charge in [0.1, 0.15) is 5.75 Å². The minimum absolute atomic E-state index is 0.0408. The van der Waals surface area contributed by atoms with Crippen molar-refractivity contribution in [3.63, 3.8) is 0 Å². The summed E-state index contributed by atoms with van der Waals surface area (Å²) in [5.41, 5.74) is 1.30. The van der Waals surface area contributed by atoms with Crippen LogP contribution in [0, 0.1) is 6.92 Å². The fourth-order valence-corrected chi connectivity index (χ4v) is 4.18. The van der Waals surface area contributed by atoms with Crippen LogP contribution in [0.3, 0.4) is 0 Å². The molecule has 0 spiro atoms. The van der Waals surface area contributed by atoms with Crippen LogP contribution in [0.25, 0.3) is 0 Å². The highest BCUT2D eigenvalue weighted by Crippen LogP contribution is 2.37. The summed E-state index contributed by atoms with van der Waals surface area (Å²) in [4.78, 5) is 51.2. The van der Waals surface area contributed by atoms with Crippen LogP contribution in [0.15, 0.2) is 48.5 Å².